The Bertz CT molecular complexity index is 836. The Labute approximate surface area is 152 Å². The number of anilines is 1. The molecule has 0 radical (unpaired) electrons. The number of rotatable bonds is 4. The molecule has 2 heterocycles. The summed E-state index contributed by atoms with van der Waals surface area (Å²) in [4.78, 5) is 12.9. The third-order valence-corrected chi connectivity index (χ3v) is 6.00. The SMILES string of the molecule is O=C1CN(c2c(O)cc(CCN3CC[C@@H](C(F)(F)F)C3)cc2F)S(=O)(=O)N1. The fourth-order valence-electron chi connectivity index (χ4n) is 3.27. The molecule has 0 unspecified atom stereocenters. The van der Waals surface area contributed by atoms with Crippen molar-refractivity contribution in [1.29, 1.82) is 0 Å². The second kappa shape index (κ2) is 6.82. The highest BCUT2D eigenvalue weighted by molar-refractivity contribution is 7.92. The number of hydrogen-bond donors (Lipinski definition) is 2. The van der Waals surface area contributed by atoms with Gasteiger partial charge < -0.3 is 10.0 Å². The molecule has 12 heteroatoms. The lowest BCUT2D eigenvalue weighted by Gasteiger charge is -2.19. The van der Waals surface area contributed by atoms with E-state index in [1.54, 1.807) is 9.62 Å². The zero-order chi connectivity index (χ0) is 20.0. The number of carbonyl (C=O) groups is 1. The highest BCUT2D eigenvalue weighted by atomic mass is 32.2. The molecule has 2 fully saturated rings. The van der Waals surface area contributed by atoms with E-state index in [-0.39, 0.29) is 32.5 Å². The normalized spacial score (nSPS) is 23.0. The first-order valence-corrected chi connectivity index (χ1v) is 9.55. The number of likely N-dealkylation sites (tertiary alicyclic amines) is 1. The van der Waals surface area contributed by atoms with Crippen molar-refractivity contribution in [2.45, 2.75) is 19.0 Å². The number of hydrogen-bond acceptors (Lipinski definition) is 5. The van der Waals surface area contributed by atoms with Gasteiger partial charge in [-0.25, -0.2) is 13.4 Å². The Morgan fingerprint density at radius 1 is 1.30 bits per heavy atom. The maximum Gasteiger partial charge on any atom is 0.393 e. The van der Waals surface area contributed by atoms with E-state index in [9.17, 15) is 35.9 Å². The molecule has 27 heavy (non-hydrogen) atoms. The molecule has 3 rings (SSSR count). The second-order valence-electron chi connectivity index (χ2n) is 6.56. The van der Waals surface area contributed by atoms with Crippen LogP contribution in [0.15, 0.2) is 12.1 Å². The number of carbonyl (C=O) groups excluding carboxylic acids is 1. The predicted octanol–water partition coefficient (Wildman–Crippen LogP) is 1.14. The van der Waals surface area contributed by atoms with Crippen LogP contribution in [0.2, 0.25) is 0 Å². The monoisotopic (exact) mass is 411 g/mol. The van der Waals surface area contributed by atoms with Crippen molar-refractivity contribution in [3.05, 3.63) is 23.5 Å². The first kappa shape index (κ1) is 19.7. The molecule has 0 bridgehead atoms. The van der Waals surface area contributed by atoms with Gasteiger partial charge in [0.25, 0.3) is 5.91 Å². The average molecular weight is 411 g/mol. The molecular formula is C15H17F4N3O4S. The Hall–Kier alpha value is -2.08. The molecule has 0 aliphatic carbocycles. The molecule has 2 N–H and O–H groups in total. The maximum absolute atomic E-state index is 14.4. The number of halogens is 4. The summed E-state index contributed by atoms with van der Waals surface area (Å²) in [5.74, 6) is -3.94. The van der Waals surface area contributed by atoms with E-state index in [0.29, 0.717) is 9.87 Å². The van der Waals surface area contributed by atoms with Crippen LogP contribution in [-0.4, -0.2) is 56.7 Å². The van der Waals surface area contributed by atoms with E-state index in [4.69, 9.17) is 0 Å². The number of nitrogens with one attached hydrogen (secondary N) is 1. The molecule has 150 valence electrons. The van der Waals surface area contributed by atoms with E-state index < -0.39 is 52.0 Å². The van der Waals surface area contributed by atoms with Crippen LogP contribution in [0.5, 0.6) is 5.75 Å². The molecule has 0 spiro atoms. The number of phenolic OH excluding ortho intramolecular Hbond substituents is 1. The van der Waals surface area contributed by atoms with Crippen molar-refractivity contribution in [1.82, 2.24) is 9.62 Å². The number of aromatic hydroxyl groups is 1. The molecule has 2 aliphatic rings. The molecule has 2 saturated heterocycles. The topological polar surface area (TPSA) is 90.0 Å². The van der Waals surface area contributed by atoms with Crippen LogP contribution in [0.25, 0.3) is 0 Å². The molecule has 1 amide bonds. The van der Waals surface area contributed by atoms with Gasteiger partial charge in [0.1, 0.15) is 18.0 Å². The zero-order valence-electron chi connectivity index (χ0n) is 14.0. The quantitative estimate of drug-likeness (QED) is 0.726. The standard InChI is InChI=1S/C15H17F4N3O4S/c16-11-5-9(1-3-21-4-2-10(7-21)15(17,18)19)6-12(23)14(11)22-8-13(24)20-27(22,25)26/h5-6,10,23H,1-4,7-8H2,(H,20,24)/t10-/m1/s1. The Kier molecular flexibility index (Phi) is 4.97. The second-order valence-corrected chi connectivity index (χ2v) is 8.16. The minimum absolute atomic E-state index is 0.00982. The molecule has 2 aliphatic heterocycles. The van der Waals surface area contributed by atoms with Crippen LogP contribution in [0.3, 0.4) is 0 Å². The fourth-order valence-corrected chi connectivity index (χ4v) is 4.44. The molecule has 7 nitrogen and oxygen atoms in total. The van der Waals surface area contributed by atoms with Crippen molar-refractivity contribution < 1.29 is 35.9 Å². The van der Waals surface area contributed by atoms with Crippen molar-refractivity contribution >= 4 is 21.8 Å². The molecule has 1 aromatic carbocycles. The van der Waals surface area contributed by atoms with Crippen LogP contribution in [0, 0.1) is 11.7 Å². The Morgan fingerprint density at radius 2 is 2.00 bits per heavy atom. The van der Waals surface area contributed by atoms with Gasteiger partial charge in [0.2, 0.25) is 0 Å². The van der Waals surface area contributed by atoms with E-state index in [1.165, 1.54) is 0 Å². The van der Waals surface area contributed by atoms with Gasteiger partial charge in [0.15, 0.2) is 5.82 Å². The first-order valence-electron chi connectivity index (χ1n) is 8.11. The molecule has 0 aromatic heterocycles. The summed E-state index contributed by atoms with van der Waals surface area (Å²) < 4.78 is 78.1. The summed E-state index contributed by atoms with van der Waals surface area (Å²) in [6.07, 6.45) is -4.05. The Balaban J connectivity index is 1.70. The van der Waals surface area contributed by atoms with Crippen LogP contribution >= 0.6 is 0 Å². The number of amides is 1. The minimum atomic E-state index is -4.27. The van der Waals surface area contributed by atoms with Crippen molar-refractivity contribution in [3.8, 4) is 5.75 Å². The summed E-state index contributed by atoms with van der Waals surface area (Å²) in [6.45, 7) is -0.266. The summed E-state index contributed by atoms with van der Waals surface area (Å²) in [6, 6.07) is 2.15. The van der Waals surface area contributed by atoms with Gasteiger partial charge in [-0.2, -0.15) is 21.6 Å². The van der Waals surface area contributed by atoms with Gasteiger partial charge >= 0.3 is 16.4 Å². The lowest BCUT2D eigenvalue weighted by Crippen LogP contribution is -2.30. The highest BCUT2D eigenvalue weighted by Gasteiger charge is 2.43. The van der Waals surface area contributed by atoms with Crippen molar-refractivity contribution in [2.75, 3.05) is 30.5 Å². The molecular weight excluding hydrogens is 394 g/mol. The van der Waals surface area contributed by atoms with Crippen LogP contribution in [-0.2, 0) is 21.4 Å². The smallest absolute Gasteiger partial charge is 0.393 e. The zero-order valence-corrected chi connectivity index (χ0v) is 14.8. The van der Waals surface area contributed by atoms with Crippen molar-refractivity contribution in [2.24, 2.45) is 5.92 Å². The number of phenols is 1. The fraction of sp³-hybridized carbons (Fsp3) is 0.533. The average Bonchev–Trinajstić information content (AvgIpc) is 3.09. The molecule has 1 atom stereocenters. The number of alkyl halides is 3. The van der Waals surface area contributed by atoms with Gasteiger partial charge in [-0.1, -0.05) is 0 Å². The maximum atomic E-state index is 14.4. The Morgan fingerprint density at radius 3 is 2.52 bits per heavy atom. The van der Waals surface area contributed by atoms with E-state index >= 15 is 0 Å². The summed E-state index contributed by atoms with van der Waals surface area (Å²) in [7, 11) is -4.27. The lowest BCUT2D eigenvalue weighted by atomic mass is 10.1. The third-order valence-electron chi connectivity index (χ3n) is 4.62. The van der Waals surface area contributed by atoms with Gasteiger partial charge in [-0.3, -0.25) is 4.79 Å². The predicted molar refractivity (Wildman–Crippen MR) is 86.8 cm³/mol. The number of nitrogens with zero attached hydrogens (tertiary/aromatic N) is 2. The minimum Gasteiger partial charge on any atom is -0.506 e. The van der Waals surface area contributed by atoms with Crippen LogP contribution < -0.4 is 9.03 Å². The van der Waals surface area contributed by atoms with Crippen molar-refractivity contribution in [3.63, 3.8) is 0 Å². The van der Waals surface area contributed by atoms with Gasteiger partial charge in [-0.05, 0) is 37.1 Å². The van der Waals surface area contributed by atoms with Gasteiger partial charge in [-0.15, -0.1) is 0 Å². The summed E-state index contributed by atoms with van der Waals surface area (Å²) in [5.41, 5.74) is -0.338. The third kappa shape index (κ3) is 4.10. The van der Waals surface area contributed by atoms with Crippen LogP contribution in [0.4, 0.5) is 23.2 Å². The van der Waals surface area contributed by atoms with Gasteiger partial charge in [0.05, 0.1) is 5.92 Å². The largest absolute Gasteiger partial charge is 0.506 e. The highest BCUT2D eigenvalue weighted by Crippen LogP contribution is 2.36. The first-order chi connectivity index (χ1) is 12.5. The number of benzene rings is 1. The summed E-state index contributed by atoms with van der Waals surface area (Å²) in [5, 5.41) is 10.0. The molecule has 0 saturated carbocycles. The van der Waals surface area contributed by atoms with E-state index in [0.717, 1.165) is 12.1 Å². The summed E-state index contributed by atoms with van der Waals surface area (Å²) >= 11 is 0. The van der Waals surface area contributed by atoms with Crippen LogP contribution in [0.1, 0.15) is 12.0 Å². The van der Waals surface area contributed by atoms with E-state index in [1.807, 2.05) is 0 Å². The lowest BCUT2D eigenvalue weighted by molar-refractivity contribution is -0.170. The van der Waals surface area contributed by atoms with Gasteiger partial charge in [0, 0.05) is 13.1 Å². The van der Waals surface area contributed by atoms with E-state index in [2.05, 4.69) is 0 Å². The molecule has 1 aromatic rings.